The van der Waals surface area contributed by atoms with Crippen LogP contribution in [0.15, 0.2) is 18.2 Å². The fourth-order valence-electron chi connectivity index (χ4n) is 2.58. The zero-order valence-electron chi connectivity index (χ0n) is 12.0. The second kappa shape index (κ2) is 7.39. The van der Waals surface area contributed by atoms with Crippen LogP contribution in [-0.4, -0.2) is 49.9 Å². The molecule has 122 valence electrons. The summed E-state index contributed by atoms with van der Waals surface area (Å²) in [5.74, 6) is 1.72. The molecule has 22 heavy (non-hydrogen) atoms. The van der Waals surface area contributed by atoms with Crippen LogP contribution < -0.4 is 15.5 Å². The molecule has 2 saturated heterocycles. The number of amides is 1. The lowest BCUT2D eigenvalue weighted by atomic mass is 10.2. The highest BCUT2D eigenvalue weighted by Gasteiger charge is 2.32. The number of rotatable bonds is 3. The topological polar surface area (TPSA) is 58.8 Å². The average Bonchev–Trinajstić information content (AvgIpc) is 2.89. The lowest BCUT2D eigenvalue weighted by molar-refractivity contribution is 0.145. The highest BCUT2D eigenvalue weighted by molar-refractivity contribution is 7.99. The van der Waals surface area contributed by atoms with Crippen LogP contribution in [0.3, 0.4) is 0 Å². The van der Waals surface area contributed by atoms with Crippen LogP contribution in [0.1, 0.15) is 0 Å². The molecule has 1 unspecified atom stereocenters. The van der Waals surface area contributed by atoms with Gasteiger partial charge in [0, 0.05) is 31.1 Å². The highest BCUT2D eigenvalue weighted by Crippen LogP contribution is 2.29. The van der Waals surface area contributed by atoms with E-state index in [0.717, 1.165) is 24.6 Å². The zero-order valence-corrected chi connectivity index (χ0v) is 13.7. The van der Waals surface area contributed by atoms with Gasteiger partial charge < -0.3 is 15.4 Å². The lowest BCUT2D eigenvalue weighted by Gasteiger charge is -2.29. The molecular weight excluding hydrogens is 329 g/mol. The molecule has 0 radical (unpaired) electrons. The second-order valence-corrected chi connectivity index (χ2v) is 6.31. The Kier molecular flexibility index (Phi) is 5.77. The van der Waals surface area contributed by atoms with E-state index in [2.05, 4.69) is 0 Å². The van der Waals surface area contributed by atoms with E-state index >= 15 is 0 Å². The van der Waals surface area contributed by atoms with Gasteiger partial charge in [-0.1, -0.05) is 0 Å². The molecule has 2 N–H and O–H groups in total. The number of nitrogens with zero attached hydrogens (tertiary/aromatic N) is 2. The summed E-state index contributed by atoms with van der Waals surface area (Å²) in [7, 11) is 0. The van der Waals surface area contributed by atoms with Crippen LogP contribution in [0.25, 0.3) is 0 Å². The summed E-state index contributed by atoms with van der Waals surface area (Å²) in [5, 5.41) is 0. The van der Waals surface area contributed by atoms with E-state index in [-0.39, 0.29) is 30.9 Å². The Morgan fingerprint density at radius 2 is 2.09 bits per heavy atom. The van der Waals surface area contributed by atoms with Gasteiger partial charge in [0.15, 0.2) is 0 Å². The molecule has 0 aliphatic carbocycles. The van der Waals surface area contributed by atoms with E-state index < -0.39 is 6.09 Å². The van der Waals surface area contributed by atoms with Crippen LogP contribution in [-0.2, 0) is 4.74 Å². The summed E-state index contributed by atoms with van der Waals surface area (Å²) < 4.78 is 19.4. The van der Waals surface area contributed by atoms with Gasteiger partial charge in [0.1, 0.15) is 11.9 Å². The molecule has 1 atom stereocenters. The molecule has 3 rings (SSSR count). The molecule has 1 amide bonds. The van der Waals surface area contributed by atoms with E-state index in [1.54, 1.807) is 12.1 Å². The van der Waals surface area contributed by atoms with Crippen molar-refractivity contribution >= 4 is 41.6 Å². The Balaban J connectivity index is 0.00000176. The number of ether oxygens (including phenoxy) is 1. The van der Waals surface area contributed by atoms with Gasteiger partial charge in [-0.3, -0.25) is 4.90 Å². The van der Waals surface area contributed by atoms with Crippen molar-refractivity contribution in [3.8, 4) is 0 Å². The van der Waals surface area contributed by atoms with Gasteiger partial charge in [0.2, 0.25) is 0 Å². The fraction of sp³-hybridized carbons (Fsp3) is 0.500. The second-order valence-electron chi connectivity index (χ2n) is 5.09. The van der Waals surface area contributed by atoms with Gasteiger partial charge in [-0.2, -0.15) is 11.8 Å². The van der Waals surface area contributed by atoms with Crippen molar-refractivity contribution in [2.75, 3.05) is 47.5 Å². The monoisotopic (exact) mass is 347 g/mol. The molecule has 2 aliphatic heterocycles. The number of anilines is 2. The minimum absolute atomic E-state index is 0. The van der Waals surface area contributed by atoms with Crippen molar-refractivity contribution in [3.63, 3.8) is 0 Å². The molecule has 0 aromatic heterocycles. The molecule has 2 heterocycles. The van der Waals surface area contributed by atoms with Gasteiger partial charge in [0.25, 0.3) is 0 Å². The van der Waals surface area contributed by atoms with Gasteiger partial charge in [-0.15, -0.1) is 12.4 Å². The molecule has 5 nitrogen and oxygen atoms in total. The van der Waals surface area contributed by atoms with Crippen LogP contribution in [0.2, 0.25) is 0 Å². The Morgan fingerprint density at radius 1 is 1.36 bits per heavy atom. The van der Waals surface area contributed by atoms with Crippen molar-refractivity contribution in [2.45, 2.75) is 6.10 Å². The molecule has 0 saturated carbocycles. The van der Waals surface area contributed by atoms with E-state index in [1.165, 1.54) is 11.0 Å². The number of cyclic esters (lactones) is 1. The van der Waals surface area contributed by atoms with Gasteiger partial charge >= 0.3 is 6.09 Å². The number of carbonyl (C=O) groups is 1. The third-order valence-corrected chi connectivity index (χ3v) is 4.67. The summed E-state index contributed by atoms with van der Waals surface area (Å²) in [6.45, 7) is 2.34. The van der Waals surface area contributed by atoms with Gasteiger partial charge in [0.05, 0.1) is 17.9 Å². The van der Waals surface area contributed by atoms with Crippen molar-refractivity contribution < 1.29 is 13.9 Å². The number of nitrogens with two attached hydrogens (primary N) is 1. The van der Waals surface area contributed by atoms with Gasteiger partial charge in [-0.05, 0) is 18.2 Å². The first-order valence-electron chi connectivity index (χ1n) is 6.99. The van der Waals surface area contributed by atoms with Crippen LogP contribution >= 0.6 is 24.2 Å². The maximum Gasteiger partial charge on any atom is 0.414 e. The Labute approximate surface area is 139 Å². The normalized spacial score (nSPS) is 21.5. The molecular formula is C14H19ClFN3O2S. The van der Waals surface area contributed by atoms with Crippen molar-refractivity contribution in [1.82, 2.24) is 0 Å². The molecule has 1 aromatic carbocycles. The van der Waals surface area contributed by atoms with Crippen molar-refractivity contribution in [3.05, 3.63) is 24.0 Å². The first-order valence-corrected chi connectivity index (χ1v) is 8.15. The maximum atomic E-state index is 14.3. The Hall–Kier alpha value is -1.18. The molecule has 1 aromatic rings. The summed E-state index contributed by atoms with van der Waals surface area (Å²) >= 11 is 1.88. The summed E-state index contributed by atoms with van der Waals surface area (Å²) in [6, 6.07) is 4.90. The molecule has 2 aliphatic rings. The van der Waals surface area contributed by atoms with Crippen molar-refractivity contribution in [1.29, 1.82) is 0 Å². The number of carbonyl (C=O) groups excluding carboxylic acids is 1. The zero-order chi connectivity index (χ0) is 14.8. The third kappa shape index (κ3) is 3.42. The summed E-state index contributed by atoms with van der Waals surface area (Å²) in [6.07, 6.45) is -0.786. The molecule has 0 spiro atoms. The Morgan fingerprint density at radius 3 is 2.68 bits per heavy atom. The maximum absolute atomic E-state index is 14.3. The predicted molar refractivity (Wildman–Crippen MR) is 89.9 cm³/mol. The molecule has 8 heteroatoms. The third-order valence-electron chi connectivity index (χ3n) is 3.73. The number of hydrogen-bond acceptors (Lipinski definition) is 5. The predicted octanol–water partition coefficient (Wildman–Crippen LogP) is 2.08. The van der Waals surface area contributed by atoms with Crippen LogP contribution in [0.5, 0.6) is 0 Å². The fourth-order valence-corrected chi connectivity index (χ4v) is 3.48. The van der Waals surface area contributed by atoms with E-state index in [0.29, 0.717) is 17.9 Å². The number of benzene rings is 1. The lowest BCUT2D eigenvalue weighted by Crippen LogP contribution is -2.33. The number of thioether (sulfide) groups is 1. The average molecular weight is 348 g/mol. The van der Waals surface area contributed by atoms with Crippen LogP contribution in [0.4, 0.5) is 20.6 Å². The SMILES string of the molecule is Cl.NCC1CN(c2ccc(N3CCSCC3)c(F)c2)C(=O)O1. The highest BCUT2D eigenvalue weighted by atomic mass is 35.5. The first-order chi connectivity index (χ1) is 10.2. The minimum atomic E-state index is -0.466. The smallest absolute Gasteiger partial charge is 0.414 e. The summed E-state index contributed by atoms with van der Waals surface area (Å²) in [5.41, 5.74) is 6.62. The quantitative estimate of drug-likeness (QED) is 0.907. The van der Waals surface area contributed by atoms with E-state index in [4.69, 9.17) is 10.5 Å². The van der Waals surface area contributed by atoms with Gasteiger partial charge in [-0.25, -0.2) is 9.18 Å². The largest absolute Gasteiger partial charge is 0.443 e. The van der Waals surface area contributed by atoms with Crippen LogP contribution in [0, 0.1) is 5.82 Å². The van der Waals surface area contributed by atoms with E-state index in [9.17, 15) is 9.18 Å². The first kappa shape index (κ1) is 17.2. The number of halogens is 2. The standard InChI is InChI=1S/C14H18FN3O2S.ClH/c15-12-7-10(18-9-11(8-16)20-14(18)19)1-2-13(12)17-3-5-21-6-4-17;/h1-2,7,11H,3-6,8-9,16H2;1H. The minimum Gasteiger partial charge on any atom is -0.443 e. The summed E-state index contributed by atoms with van der Waals surface area (Å²) in [4.78, 5) is 15.2. The molecule has 2 fully saturated rings. The molecule has 0 bridgehead atoms. The Bertz CT molecular complexity index is 543. The van der Waals surface area contributed by atoms with Crippen molar-refractivity contribution in [2.24, 2.45) is 5.73 Å². The van der Waals surface area contributed by atoms with E-state index in [1.807, 2.05) is 16.7 Å². The number of hydrogen-bond donors (Lipinski definition) is 1.